The molecule has 1 aliphatic heterocycles. The molecule has 1 N–H and O–H groups in total. The molecule has 13 heteroatoms. The second-order valence-electron chi connectivity index (χ2n) is 10.6. The molecule has 0 spiro atoms. The van der Waals surface area contributed by atoms with Gasteiger partial charge >= 0.3 is 0 Å². The number of pyridine rings is 2. The van der Waals surface area contributed by atoms with Gasteiger partial charge in [-0.15, -0.1) is 0 Å². The molecule has 0 radical (unpaired) electrons. The van der Waals surface area contributed by atoms with Gasteiger partial charge in [-0.1, -0.05) is 18.2 Å². The van der Waals surface area contributed by atoms with E-state index in [0.29, 0.717) is 53.7 Å². The smallest absolute Gasteiger partial charge is 0.246 e. The Labute approximate surface area is 253 Å². The van der Waals surface area contributed by atoms with Gasteiger partial charge < -0.3 is 24.4 Å². The zero-order valence-corrected chi connectivity index (χ0v) is 25.1. The van der Waals surface area contributed by atoms with E-state index < -0.39 is 11.4 Å². The molecule has 11 nitrogen and oxygen atoms in total. The first-order valence-electron chi connectivity index (χ1n) is 13.4. The Morgan fingerprint density at radius 3 is 2.72 bits per heavy atom. The summed E-state index contributed by atoms with van der Waals surface area (Å²) in [6.07, 6.45) is 4.50. The molecular weight excluding hydrogens is 573 g/mol. The molecule has 0 saturated carbocycles. The number of aryl methyl sites for hydroxylation is 1. The van der Waals surface area contributed by atoms with Gasteiger partial charge in [-0.3, -0.25) is 14.8 Å². The zero-order valence-electron chi connectivity index (χ0n) is 24.3. The fraction of sp³-hybridized carbons (Fsp3) is 0.267. The van der Waals surface area contributed by atoms with E-state index in [9.17, 15) is 4.79 Å². The highest BCUT2D eigenvalue weighted by Crippen LogP contribution is 2.35. The number of hydrogen-bond donors (Lipinski definition) is 1. The second kappa shape index (κ2) is 11.8. The van der Waals surface area contributed by atoms with Crippen LogP contribution < -0.4 is 15.0 Å². The lowest BCUT2D eigenvalue weighted by Crippen LogP contribution is -2.61. The molecule has 0 unspecified atom stereocenters. The van der Waals surface area contributed by atoms with E-state index >= 15 is 4.39 Å². The van der Waals surface area contributed by atoms with Gasteiger partial charge in [0, 0.05) is 45.9 Å². The number of aromatic nitrogens is 4. The third-order valence-corrected chi connectivity index (χ3v) is 7.47. The van der Waals surface area contributed by atoms with Crippen LogP contribution >= 0.6 is 11.6 Å². The second-order valence-corrected chi connectivity index (χ2v) is 11.0. The van der Waals surface area contributed by atoms with Gasteiger partial charge in [-0.25, -0.2) is 19.3 Å². The number of ether oxygens (including phenoxy) is 1. The van der Waals surface area contributed by atoms with Crippen LogP contribution in [0.25, 0.3) is 11.2 Å². The van der Waals surface area contributed by atoms with Crippen LogP contribution in [-0.2, 0) is 11.8 Å². The number of fused-ring (bicyclic) bond motifs is 1. The maximum atomic E-state index is 15.4. The molecule has 1 amide bonds. The number of anilines is 2. The minimum atomic E-state index is -0.624. The number of amidine groups is 1. The van der Waals surface area contributed by atoms with Gasteiger partial charge in [-0.2, -0.15) is 0 Å². The van der Waals surface area contributed by atoms with Crippen molar-refractivity contribution in [3.05, 3.63) is 72.0 Å². The van der Waals surface area contributed by atoms with Gasteiger partial charge in [-0.05, 0) is 44.8 Å². The van der Waals surface area contributed by atoms with Crippen LogP contribution in [-0.4, -0.2) is 75.1 Å². The van der Waals surface area contributed by atoms with Crippen molar-refractivity contribution in [3.8, 4) is 11.5 Å². The van der Waals surface area contributed by atoms with E-state index in [2.05, 4.69) is 43.5 Å². The number of carbonyl (C=O) groups is 1. The third-order valence-electron chi connectivity index (χ3n) is 7.17. The standard InChI is InChI=1S/C30H31ClFN9O2/c1-7-26(42)41-11-10-40(16-30(41,2)3)25-9-8-21(33-4)27(38-25)28(34-5)37-22-13-19(31)24(14-20(22)32)43-18-12-23-29(35-15-18)39(6)17-36-23/h7-9,12-15,17H,1,4,10-11,16H2,2-3,5-6H3,(H,34,37). The van der Waals surface area contributed by atoms with Crippen LogP contribution in [0.2, 0.25) is 5.02 Å². The Morgan fingerprint density at radius 2 is 2.02 bits per heavy atom. The molecule has 222 valence electrons. The largest absolute Gasteiger partial charge is 0.454 e. The highest BCUT2D eigenvalue weighted by atomic mass is 35.5. The molecule has 1 saturated heterocycles. The summed E-state index contributed by atoms with van der Waals surface area (Å²) in [6.45, 7) is 12.9. The normalized spacial score (nSPS) is 15.0. The van der Waals surface area contributed by atoms with E-state index in [1.54, 1.807) is 35.0 Å². The molecule has 1 aromatic carbocycles. The summed E-state index contributed by atoms with van der Waals surface area (Å²) in [5.41, 5.74) is 1.77. The first-order valence-corrected chi connectivity index (χ1v) is 13.8. The maximum absolute atomic E-state index is 15.4. The predicted octanol–water partition coefficient (Wildman–Crippen LogP) is 5.38. The molecule has 4 heterocycles. The Hall–Kier alpha value is -4.84. The summed E-state index contributed by atoms with van der Waals surface area (Å²) in [7, 11) is 3.40. The molecular formula is C30H31ClFN9O2. The lowest BCUT2D eigenvalue weighted by Gasteiger charge is -2.47. The number of imidazole rings is 1. The highest BCUT2D eigenvalue weighted by molar-refractivity contribution is 6.32. The lowest BCUT2D eigenvalue weighted by molar-refractivity contribution is -0.131. The number of amides is 1. The summed E-state index contributed by atoms with van der Waals surface area (Å²) in [5.74, 6) is 0.660. The molecule has 43 heavy (non-hydrogen) atoms. The summed E-state index contributed by atoms with van der Waals surface area (Å²) >= 11 is 6.51. The molecule has 1 aliphatic rings. The summed E-state index contributed by atoms with van der Waals surface area (Å²) in [5, 5.41) is 3.17. The number of halogens is 2. The number of nitrogens with one attached hydrogen (secondary N) is 1. The molecule has 4 aromatic rings. The zero-order chi connectivity index (χ0) is 30.9. The third kappa shape index (κ3) is 5.91. The summed E-state index contributed by atoms with van der Waals surface area (Å²) in [4.78, 5) is 38.1. The molecule has 0 bridgehead atoms. The molecule has 0 aliphatic carbocycles. The minimum absolute atomic E-state index is 0.0659. The number of benzene rings is 1. The predicted molar refractivity (Wildman–Crippen MR) is 168 cm³/mol. The van der Waals surface area contributed by atoms with Crippen LogP contribution in [0.4, 0.5) is 21.6 Å². The molecule has 3 aromatic heterocycles. The first kappa shape index (κ1) is 29.6. The van der Waals surface area contributed by atoms with Gasteiger partial charge in [0.1, 0.15) is 34.3 Å². The number of piperazine rings is 1. The van der Waals surface area contributed by atoms with Gasteiger partial charge in [0.05, 0.1) is 34.5 Å². The van der Waals surface area contributed by atoms with Crippen molar-refractivity contribution in [1.29, 1.82) is 0 Å². The monoisotopic (exact) mass is 603 g/mol. The topological polar surface area (TPSA) is 113 Å². The molecule has 0 atom stereocenters. The van der Waals surface area contributed by atoms with Crippen molar-refractivity contribution in [2.45, 2.75) is 19.4 Å². The average Bonchev–Trinajstić information content (AvgIpc) is 3.36. The van der Waals surface area contributed by atoms with E-state index in [1.807, 2.05) is 27.0 Å². The fourth-order valence-corrected chi connectivity index (χ4v) is 5.22. The highest BCUT2D eigenvalue weighted by Gasteiger charge is 2.36. The molecule has 1 fully saturated rings. The number of nitrogens with zero attached hydrogens (tertiary/aromatic N) is 8. The summed E-state index contributed by atoms with van der Waals surface area (Å²) in [6, 6.07) is 7.91. The van der Waals surface area contributed by atoms with Crippen LogP contribution in [0.3, 0.4) is 0 Å². The van der Waals surface area contributed by atoms with E-state index in [1.165, 1.54) is 24.4 Å². The Balaban J connectivity index is 1.39. The SMILES string of the molecule is C=CC(=O)N1CCN(c2ccc(N=C)c(C(=NC)Nc3cc(Cl)c(Oc4cnc5c(c4)ncn5C)cc3F)n2)CC1(C)C. The van der Waals surface area contributed by atoms with E-state index in [4.69, 9.17) is 21.3 Å². The first-order chi connectivity index (χ1) is 20.5. The van der Waals surface area contributed by atoms with Gasteiger partial charge in [0.2, 0.25) is 5.91 Å². The van der Waals surface area contributed by atoms with Gasteiger partial charge in [0.15, 0.2) is 11.5 Å². The van der Waals surface area contributed by atoms with Crippen molar-refractivity contribution in [3.63, 3.8) is 0 Å². The minimum Gasteiger partial charge on any atom is -0.454 e. The van der Waals surface area contributed by atoms with Crippen LogP contribution in [0.1, 0.15) is 19.5 Å². The van der Waals surface area contributed by atoms with Crippen LogP contribution in [0, 0.1) is 5.82 Å². The number of carbonyl (C=O) groups excluding carboxylic acids is 1. The van der Waals surface area contributed by atoms with Crippen molar-refractivity contribution in [2.24, 2.45) is 17.0 Å². The molecule has 5 rings (SSSR count). The fourth-order valence-electron chi connectivity index (χ4n) is 5.02. The van der Waals surface area contributed by atoms with Crippen LogP contribution in [0.5, 0.6) is 11.5 Å². The number of aliphatic imine (C=N–C) groups is 2. The van der Waals surface area contributed by atoms with Crippen molar-refractivity contribution >= 4 is 58.4 Å². The quantitative estimate of drug-likeness (QED) is 0.171. The summed E-state index contributed by atoms with van der Waals surface area (Å²) < 4.78 is 23.0. The number of rotatable bonds is 7. The maximum Gasteiger partial charge on any atom is 0.246 e. The Bertz CT molecular complexity index is 1770. The number of hydrogen-bond acceptors (Lipinski definition) is 8. The lowest BCUT2D eigenvalue weighted by atomic mass is 9.98. The van der Waals surface area contributed by atoms with E-state index in [0.717, 1.165) is 0 Å². The van der Waals surface area contributed by atoms with Gasteiger partial charge in [0.25, 0.3) is 0 Å². The van der Waals surface area contributed by atoms with Crippen molar-refractivity contribution in [2.75, 3.05) is 36.9 Å². The van der Waals surface area contributed by atoms with Crippen molar-refractivity contribution in [1.82, 2.24) is 24.4 Å². The Morgan fingerprint density at radius 1 is 1.23 bits per heavy atom. The van der Waals surface area contributed by atoms with Crippen LogP contribution in [0.15, 0.2) is 65.5 Å². The Kier molecular flexibility index (Phi) is 8.14. The van der Waals surface area contributed by atoms with E-state index in [-0.39, 0.29) is 28.2 Å². The average molecular weight is 604 g/mol. The van der Waals surface area contributed by atoms with Crippen molar-refractivity contribution < 1.29 is 13.9 Å².